The van der Waals surface area contributed by atoms with Crippen LogP contribution < -0.4 is 38.1 Å². The number of hydrogen-bond donors (Lipinski definition) is 13. The molecule has 1 aromatic rings. The number of phenolic OH excluding ortho intramolecular Hbond substituents is 1. The largest absolute Gasteiger partial charge is 0.508 e. The standard InChI is InChI=1S/C33H47N7O16/c34-12-2-1-3-19(29(51)39-22(14-26(46)47)32(54)40-23(33(55)56)15-27(48)49)37-31(53)21(13-16-4-6-17(41)7-5-16)38-30(52)20(9-11-25(44)45)36-28(50)18(35)8-10-24(42)43/h4-7,18-23,41H,1-3,8-15,34-35H2,(H,36,50)(H,37,53)(H,38,52)(H,39,51)(H,40,54)(H,42,43)(H,44,45)(H,46,47)(H,48,49)(H,55,56). The number of carbonyl (C=O) groups excluding carboxylic acids is 5. The van der Waals surface area contributed by atoms with Crippen LogP contribution in [0.1, 0.15) is 63.4 Å². The Morgan fingerprint density at radius 2 is 0.946 bits per heavy atom. The number of carbonyl (C=O) groups is 10. The van der Waals surface area contributed by atoms with Gasteiger partial charge in [0.25, 0.3) is 0 Å². The van der Waals surface area contributed by atoms with Crippen molar-refractivity contribution >= 4 is 59.4 Å². The van der Waals surface area contributed by atoms with Crippen molar-refractivity contribution in [3.05, 3.63) is 29.8 Å². The summed E-state index contributed by atoms with van der Waals surface area (Å²) in [6.45, 7) is 0.148. The second-order valence-corrected chi connectivity index (χ2v) is 12.5. The highest BCUT2D eigenvalue weighted by atomic mass is 16.4. The molecule has 6 atom stereocenters. The Morgan fingerprint density at radius 1 is 0.518 bits per heavy atom. The first-order valence-corrected chi connectivity index (χ1v) is 17.1. The Labute approximate surface area is 318 Å². The fraction of sp³-hybridized carbons (Fsp3) is 0.515. The maximum atomic E-state index is 13.9. The molecule has 56 heavy (non-hydrogen) atoms. The predicted molar refractivity (Wildman–Crippen MR) is 188 cm³/mol. The van der Waals surface area contributed by atoms with Crippen molar-refractivity contribution in [3.8, 4) is 5.75 Å². The number of phenols is 1. The summed E-state index contributed by atoms with van der Waals surface area (Å²) in [7, 11) is 0. The van der Waals surface area contributed by atoms with E-state index in [1.165, 1.54) is 24.3 Å². The summed E-state index contributed by atoms with van der Waals surface area (Å²) >= 11 is 0. The molecule has 0 aliphatic carbocycles. The number of carboxylic acids is 5. The zero-order valence-electron chi connectivity index (χ0n) is 30.0. The molecular weight excluding hydrogens is 750 g/mol. The first kappa shape index (κ1) is 47.7. The summed E-state index contributed by atoms with van der Waals surface area (Å²) in [4.78, 5) is 123. The summed E-state index contributed by atoms with van der Waals surface area (Å²) in [5.74, 6) is -13.4. The van der Waals surface area contributed by atoms with Gasteiger partial charge in [0.2, 0.25) is 29.5 Å². The lowest BCUT2D eigenvalue weighted by atomic mass is 10.0. The lowest BCUT2D eigenvalue weighted by molar-refractivity contribution is -0.148. The molecular formula is C33H47N7O16. The van der Waals surface area contributed by atoms with Gasteiger partial charge in [-0.05, 0) is 56.3 Å². The van der Waals surface area contributed by atoms with Crippen LogP contribution in [0.4, 0.5) is 0 Å². The van der Waals surface area contributed by atoms with Crippen molar-refractivity contribution in [2.24, 2.45) is 11.5 Å². The molecule has 0 spiro atoms. The van der Waals surface area contributed by atoms with Crippen molar-refractivity contribution in [2.75, 3.05) is 6.54 Å². The molecule has 0 saturated carbocycles. The van der Waals surface area contributed by atoms with Gasteiger partial charge in [-0.15, -0.1) is 0 Å². The highest BCUT2D eigenvalue weighted by molar-refractivity contribution is 5.97. The van der Waals surface area contributed by atoms with Crippen LogP contribution in [0.15, 0.2) is 24.3 Å². The molecule has 23 heteroatoms. The average molecular weight is 798 g/mol. The minimum Gasteiger partial charge on any atom is -0.508 e. The third-order valence-corrected chi connectivity index (χ3v) is 7.88. The Kier molecular flexibility index (Phi) is 20.5. The summed E-state index contributed by atoms with van der Waals surface area (Å²) in [5, 5.41) is 66.6. The van der Waals surface area contributed by atoms with Crippen molar-refractivity contribution < 1.29 is 78.6 Å². The van der Waals surface area contributed by atoms with Crippen LogP contribution in [0.5, 0.6) is 5.75 Å². The van der Waals surface area contributed by atoms with Gasteiger partial charge >= 0.3 is 29.8 Å². The molecule has 1 aromatic carbocycles. The normalized spacial score (nSPS) is 14.0. The molecule has 15 N–H and O–H groups in total. The number of aliphatic carboxylic acids is 5. The van der Waals surface area contributed by atoms with Gasteiger partial charge in [-0.25, -0.2) is 4.79 Å². The molecule has 23 nitrogen and oxygen atoms in total. The van der Waals surface area contributed by atoms with Crippen molar-refractivity contribution in [2.45, 2.75) is 100 Å². The molecule has 0 radical (unpaired) electrons. The van der Waals surface area contributed by atoms with Crippen molar-refractivity contribution in [1.29, 1.82) is 0 Å². The number of amides is 5. The predicted octanol–water partition coefficient (Wildman–Crippen LogP) is -3.42. The number of nitrogens with two attached hydrogens (primary N) is 2. The van der Waals surface area contributed by atoms with E-state index in [0.29, 0.717) is 12.0 Å². The van der Waals surface area contributed by atoms with Crippen LogP contribution in [0.25, 0.3) is 0 Å². The molecule has 310 valence electrons. The van der Waals surface area contributed by atoms with Gasteiger partial charge in [-0.1, -0.05) is 12.1 Å². The number of rotatable bonds is 27. The van der Waals surface area contributed by atoms with E-state index >= 15 is 0 Å². The number of carboxylic acid groups (broad SMARTS) is 5. The number of nitrogens with one attached hydrogen (secondary N) is 5. The summed E-state index contributed by atoms with van der Waals surface area (Å²) in [6.07, 6.45) is -4.13. The molecule has 0 aliphatic heterocycles. The molecule has 0 fully saturated rings. The van der Waals surface area contributed by atoms with E-state index in [-0.39, 0.29) is 38.0 Å². The maximum Gasteiger partial charge on any atom is 0.326 e. The smallest absolute Gasteiger partial charge is 0.326 e. The second-order valence-electron chi connectivity index (χ2n) is 12.5. The van der Waals surface area contributed by atoms with Gasteiger partial charge in [0.15, 0.2) is 0 Å². The molecule has 5 amide bonds. The van der Waals surface area contributed by atoms with Crippen LogP contribution in [0.2, 0.25) is 0 Å². The zero-order chi connectivity index (χ0) is 42.5. The van der Waals surface area contributed by atoms with Gasteiger partial charge < -0.3 is 68.7 Å². The van der Waals surface area contributed by atoms with Crippen molar-refractivity contribution in [1.82, 2.24) is 26.6 Å². The minimum absolute atomic E-state index is 0.148. The lowest BCUT2D eigenvalue weighted by Gasteiger charge is -2.27. The first-order chi connectivity index (χ1) is 26.2. The summed E-state index contributed by atoms with van der Waals surface area (Å²) < 4.78 is 0. The topological polar surface area (TPSA) is 404 Å². The number of benzene rings is 1. The van der Waals surface area contributed by atoms with Gasteiger partial charge in [-0.2, -0.15) is 0 Å². The van der Waals surface area contributed by atoms with Crippen LogP contribution in [-0.4, -0.2) is 133 Å². The molecule has 0 bridgehead atoms. The SMILES string of the molecule is NCCCCC(NC(=O)C(Cc1ccc(O)cc1)NC(=O)C(CCC(=O)O)NC(=O)C(N)CCC(=O)O)C(=O)NC(CC(=O)O)C(=O)NC(CC(=O)O)C(=O)O. The third kappa shape index (κ3) is 18.6. The molecule has 0 aromatic heterocycles. The van der Waals surface area contributed by atoms with Crippen LogP contribution in [-0.2, 0) is 54.4 Å². The van der Waals surface area contributed by atoms with E-state index in [1.807, 2.05) is 5.32 Å². The van der Waals surface area contributed by atoms with E-state index < -0.39 is 128 Å². The summed E-state index contributed by atoms with van der Waals surface area (Å²) in [5.41, 5.74) is 11.7. The van der Waals surface area contributed by atoms with Gasteiger partial charge in [0.1, 0.15) is 36.0 Å². The zero-order valence-corrected chi connectivity index (χ0v) is 30.0. The van der Waals surface area contributed by atoms with Gasteiger partial charge in [0, 0.05) is 19.3 Å². The Bertz CT molecular complexity index is 1590. The maximum absolute atomic E-state index is 13.9. The Balaban J connectivity index is 3.46. The van der Waals surface area contributed by atoms with E-state index in [4.69, 9.17) is 21.7 Å². The third-order valence-electron chi connectivity index (χ3n) is 7.88. The number of unbranched alkanes of at least 4 members (excludes halogenated alkanes) is 1. The monoisotopic (exact) mass is 797 g/mol. The average Bonchev–Trinajstić information content (AvgIpc) is 3.11. The van der Waals surface area contributed by atoms with Crippen LogP contribution in [0, 0.1) is 0 Å². The van der Waals surface area contributed by atoms with E-state index in [9.17, 15) is 68.4 Å². The van der Waals surface area contributed by atoms with Crippen LogP contribution >= 0.6 is 0 Å². The van der Waals surface area contributed by atoms with Crippen LogP contribution in [0.3, 0.4) is 0 Å². The Hall–Kier alpha value is -6.36. The Morgan fingerprint density at radius 3 is 1.46 bits per heavy atom. The van der Waals surface area contributed by atoms with E-state index in [2.05, 4.69) is 21.3 Å². The lowest BCUT2D eigenvalue weighted by Crippen LogP contribution is -2.60. The van der Waals surface area contributed by atoms with E-state index in [0.717, 1.165) is 0 Å². The number of hydrogen-bond acceptors (Lipinski definition) is 13. The minimum atomic E-state index is -2.00. The van der Waals surface area contributed by atoms with E-state index in [1.54, 1.807) is 0 Å². The van der Waals surface area contributed by atoms with Gasteiger partial charge in [-0.3, -0.25) is 43.2 Å². The highest BCUT2D eigenvalue weighted by Gasteiger charge is 2.34. The number of aromatic hydroxyl groups is 1. The molecule has 0 saturated heterocycles. The molecule has 0 aliphatic rings. The highest BCUT2D eigenvalue weighted by Crippen LogP contribution is 2.13. The molecule has 6 unspecified atom stereocenters. The second kappa shape index (κ2) is 24.1. The molecule has 0 heterocycles. The fourth-order valence-corrected chi connectivity index (χ4v) is 4.91. The quantitative estimate of drug-likeness (QED) is 0.0385. The molecule has 1 rings (SSSR count). The van der Waals surface area contributed by atoms with Crippen molar-refractivity contribution in [3.63, 3.8) is 0 Å². The fourth-order valence-electron chi connectivity index (χ4n) is 4.91. The first-order valence-electron chi connectivity index (χ1n) is 17.1. The van der Waals surface area contributed by atoms with Gasteiger partial charge in [0.05, 0.1) is 18.9 Å². The summed E-state index contributed by atoms with van der Waals surface area (Å²) in [6, 6.07) is -4.81.